The van der Waals surface area contributed by atoms with Crippen molar-refractivity contribution in [2.24, 2.45) is 28.6 Å². The van der Waals surface area contributed by atoms with Gasteiger partial charge in [-0.3, -0.25) is 4.79 Å². The van der Waals surface area contributed by atoms with E-state index in [2.05, 4.69) is 52.1 Å². The van der Waals surface area contributed by atoms with Crippen molar-refractivity contribution < 1.29 is 4.79 Å². The van der Waals surface area contributed by atoms with Crippen molar-refractivity contribution in [3.63, 3.8) is 0 Å². The summed E-state index contributed by atoms with van der Waals surface area (Å²) in [4.78, 5) is 13.5. The third-order valence-electron chi connectivity index (χ3n) is 9.91. The highest BCUT2D eigenvalue weighted by Gasteiger charge is 2.56. The third-order valence-corrected chi connectivity index (χ3v) is 9.91. The molecule has 0 aromatic rings. The number of hydrogen-bond donors (Lipinski definition) is 1. The van der Waals surface area contributed by atoms with E-state index in [0.717, 1.165) is 25.8 Å². The fourth-order valence-electron chi connectivity index (χ4n) is 7.63. The molecule has 0 aromatic carbocycles. The van der Waals surface area contributed by atoms with Gasteiger partial charge in [-0.15, -0.1) is 0 Å². The van der Waals surface area contributed by atoms with Crippen LogP contribution in [0.15, 0.2) is 23.3 Å². The highest BCUT2D eigenvalue weighted by Crippen LogP contribution is 2.62. The van der Waals surface area contributed by atoms with Crippen molar-refractivity contribution >= 4 is 5.91 Å². The van der Waals surface area contributed by atoms with Gasteiger partial charge in [-0.1, -0.05) is 117 Å². The highest BCUT2D eigenvalue weighted by molar-refractivity contribution is 5.83. The quantitative estimate of drug-likeness (QED) is 0.268. The lowest BCUT2D eigenvalue weighted by atomic mass is 9.46. The molecule has 0 aromatic heterocycles. The van der Waals surface area contributed by atoms with E-state index < -0.39 is 0 Å². The molecule has 34 heavy (non-hydrogen) atoms. The number of rotatable bonds is 13. The SMILES string of the molecule is CCCCCCCCCCCCNC(=O)[C@]1(C)CCC[C@@]2(C)C1CC=C1C=C(C(C)C)CC[C@@H]12. The van der Waals surface area contributed by atoms with E-state index >= 15 is 0 Å². The molecule has 3 aliphatic rings. The Balaban J connectivity index is 1.47. The smallest absolute Gasteiger partial charge is 0.226 e. The second-order valence-corrected chi connectivity index (χ2v) is 12.7. The zero-order valence-electron chi connectivity index (χ0n) is 23.3. The number of hydrogen-bond acceptors (Lipinski definition) is 1. The summed E-state index contributed by atoms with van der Waals surface area (Å²) in [5.74, 6) is 2.11. The van der Waals surface area contributed by atoms with E-state index in [9.17, 15) is 4.79 Å². The molecular formula is C32H55NO. The minimum Gasteiger partial charge on any atom is -0.356 e. The predicted molar refractivity (Wildman–Crippen MR) is 147 cm³/mol. The number of amides is 1. The topological polar surface area (TPSA) is 29.1 Å². The van der Waals surface area contributed by atoms with Crippen LogP contribution < -0.4 is 5.32 Å². The molecule has 4 atom stereocenters. The number of carbonyl (C=O) groups excluding carboxylic acids is 1. The fraction of sp³-hybridized carbons (Fsp3) is 0.844. The summed E-state index contributed by atoms with van der Waals surface area (Å²) in [6, 6.07) is 0. The number of carbonyl (C=O) groups is 1. The Bertz CT molecular complexity index is 719. The number of unbranched alkanes of at least 4 members (excludes halogenated alkanes) is 9. The molecule has 0 heterocycles. The summed E-state index contributed by atoms with van der Waals surface area (Å²) in [6.07, 6.45) is 25.6. The molecule has 0 spiro atoms. The molecule has 0 saturated heterocycles. The Labute approximate surface area is 211 Å². The average Bonchev–Trinajstić information content (AvgIpc) is 2.82. The lowest BCUT2D eigenvalue weighted by molar-refractivity contribution is -0.144. The second kappa shape index (κ2) is 12.8. The molecule has 194 valence electrons. The maximum atomic E-state index is 13.5. The van der Waals surface area contributed by atoms with Crippen LogP contribution in [0.4, 0.5) is 0 Å². The molecule has 2 nitrogen and oxygen atoms in total. The van der Waals surface area contributed by atoms with Gasteiger partial charge in [0.1, 0.15) is 0 Å². The summed E-state index contributed by atoms with van der Waals surface area (Å²) in [5, 5.41) is 3.39. The largest absolute Gasteiger partial charge is 0.356 e. The zero-order valence-corrected chi connectivity index (χ0v) is 23.3. The van der Waals surface area contributed by atoms with Gasteiger partial charge >= 0.3 is 0 Å². The highest BCUT2D eigenvalue weighted by atomic mass is 16.2. The van der Waals surface area contributed by atoms with E-state index in [4.69, 9.17) is 0 Å². The standard InChI is InChI=1S/C32H55NO/c1-6-7-8-9-10-11-12-13-14-15-23-33-30(34)32(5)22-16-21-31(4)28-19-17-26(25(2)3)24-27(28)18-20-29(31)32/h18,24-25,28-29H,6-17,19-23H2,1-5H3,(H,33,34)/t28-,29?,31+,32+/m0/s1. The Morgan fingerprint density at radius 3 is 2.29 bits per heavy atom. The Morgan fingerprint density at radius 1 is 1.00 bits per heavy atom. The first-order valence-corrected chi connectivity index (χ1v) is 15.0. The average molecular weight is 470 g/mol. The van der Waals surface area contributed by atoms with Crippen molar-refractivity contribution in [2.75, 3.05) is 6.54 Å². The molecule has 3 aliphatic carbocycles. The number of allylic oxidation sites excluding steroid dienone is 4. The molecule has 0 radical (unpaired) electrons. The summed E-state index contributed by atoms with van der Waals surface area (Å²) in [6.45, 7) is 12.6. The van der Waals surface area contributed by atoms with Gasteiger partial charge in [0.05, 0.1) is 5.41 Å². The van der Waals surface area contributed by atoms with Gasteiger partial charge in [-0.2, -0.15) is 0 Å². The Hall–Kier alpha value is -1.05. The van der Waals surface area contributed by atoms with Crippen molar-refractivity contribution in [2.45, 2.75) is 137 Å². The van der Waals surface area contributed by atoms with Crippen molar-refractivity contribution in [3.8, 4) is 0 Å². The third kappa shape index (κ3) is 6.38. The second-order valence-electron chi connectivity index (χ2n) is 12.7. The van der Waals surface area contributed by atoms with Crippen LogP contribution in [0.3, 0.4) is 0 Å². The van der Waals surface area contributed by atoms with E-state index in [1.807, 2.05) is 0 Å². The van der Waals surface area contributed by atoms with Gasteiger partial charge in [-0.05, 0) is 67.3 Å². The van der Waals surface area contributed by atoms with Gasteiger partial charge in [0.25, 0.3) is 0 Å². The Morgan fingerprint density at radius 2 is 1.65 bits per heavy atom. The van der Waals surface area contributed by atoms with E-state index in [0.29, 0.717) is 23.7 Å². The van der Waals surface area contributed by atoms with Crippen LogP contribution in [0.2, 0.25) is 0 Å². The minimum atomic E-state index is -0.213. The van der Waals surface area contributed by atoms with Crippen LogP contribution in [-0.4, -0.2) is 12.5 Å². The molecule has 0 aliphatic heterocycles. The molecule has 1 unspecified atom stereocenters. The maximum Gasteiger partial charge on any atom is 0.226 e. The monoisotopic (exact) mass is 469 g/mol. The predicted octanol–water partition coefficient (Wildman–Crippen LogP) is 9.16. The summed E-state index contributed by atoms with van der Waals surface area (Å²) < 4.78 is 0. The summed E-state index contributed by atoms with van der Waals surface area (Å²) in [5.41, 5.74) is 3.27. The van der Waals surface area contributed by atoms with Crippen LogP contribution in [0.25, 0.3) is 0 Å². The minimum absolute atomic E-state index is 0.213. The molecule has 0 bridgehead atoms. The van der Waals surface area contributed by atoms with Crippen LogP contribution in [-0.2, 0) is 4.79 Å². The van der Waals surface area contributed by atoms with E-state index in [1.54, 1.807) is 11.1 Å². The van der Waals surface area contributed by atoms with Crippen molar-refractivity contribution in [1.29, 1.82) is 0 Å². The molecule has 1 fully saturated rings. The van der Waals surface area contributed by atoms with Gasteiger partial charge in [0.15, 0.2) is 0 Å². The molecular weight excluding hydrogens is 414 g/mol. The van der Waals surface area contributed by atoms with Crippen LogP contribution in [0, 0.1) is 28.6 Å². The molecule has 1 N–H and O–H groups in total. The van der Waals surface area contributed by atoms with Crippen LogP contribution in [0.5, 0.6) is 0 Å². The number of fused-ring (bicyclic) bond motifs is 3. The fourth-order valence-corrected chi connectivity index (χ4v) is 7.63. The first-order chi connectivity index (χ1) is 16.3. The maximum absolute atomic E-state index is 13.5. The first-order valence-electron chi connectivity index (χ1n) is 15.0. The Kier molecular flexibility index (Phi) is 10.3. The lowest BCUT2D eigenvalue weighted by Crippen LogP contribution is -2.55. The van der Waals surface area contributed by atoms with Crippen LogP contribution >= 0.6 is 0 Å². The zero-order chi connectivity index (χ0) is 24.6. The van der Waals surface area contributed by atoms with E-state index in [1.165, 1.54) is 83.5 Å². The number of nitrogens with one attached hydrogen (secondary N) is 1. The first kappa shape index (κ1) is 27.5. The molecule has 2 heteroatoms. The van der Waals surface area contributed by atoms with Crippen molar-refractivity contribution in [3.05, 3.63) is 23.3 Å². The normalized spacial score (nSPS) is 30.9. The van der Waals surface area contributed by atoms with Gasteiger partial charge in [0.2, 0.25) is 5.91 Å². The summed E-state index contributed by atoms with van der Waals surface area (Å²) >= 11 is 0. The van der Waals surface area contributed by atoms with Gasteiger partial charge < -0.3 is 5.32 Å². The van der Waals surface area contributed by atoms with Crippen LogP contribution in [0.1, 0.15) is 137 Å². The van der Waals surface area contributed by atoms with Gasteiger partial charge in [0, 0.05) is 6.54 Å². The van der Waals surface area contributed by atoms with Crippen molar-refractivity contribution in [1.82, 2.24) is 5.32 Å². The van der Waals surface area contributed by atoms with E-state index in [-0.39, 0.29) is 10.8 Å². The lowest BCUT2D eigenvalue weighted by Gasteiger charge is -2.57. The molecule has 1 saturated carbocycles. The summed E-state index contributed by atoms with van der Waals surface area (Å²) in [7, 11) is 0. The van der Waals surface area contributed by atoms with Gasteiger partial charge in [-0.25, -0.2) is 0 Å². The molecule has 1 amide bonds. The molecule has 3 rings (SSSR count).